The van der Waals surface area contributed by atoms with Gasteiger partial charge in [0.05, 0.1) is 10.6 Å². The molecule has 1 amide bonds. The molecule has 0 bridgehead atoms. The number of aromatic nitrogens is 1. The number of hydrogen-bond acceptors (Lipinski definition) is 3. The van der Waals surface area contributed by atoms with Gasteiger partial charge in [-0.2, -0.15) is 0 Å². The molecule has 4 nitrogen and oxygen atoms in total. The minimum absolute atomic E-state index is 0.162. The Labute approximate surface area is 122 Å². The fraction of sp³-hybridized carbons (Fsp3) is 0.200. The number of carbonyl (C=O) groups excluding carboxylic acids is 1. The molecule has 1 heterocycles. The fourth-order valence-electron chi connectivity index (χ4n) is 2.30. The first kappa shape index (κ1) is 12.9. The van der Waals surface area contributed by atoms with Gasteiger partial charge < -0.3 is 11.1 Å². The lowest BCUT2D eigenvalue weighted by atomic mass is 10.1. The second-order valence-electron chi connectivity index (χ2n) is 4.92. The van der Waals surface area contributed by atoms with E-state index < -0.39 is 0 Å². The van der Waals surface area contributed by atoms with Crippen LogP contribution >= 0.6 is 11.6 Å². The molecule has 5 heteroatoms. The quantitative estimate of drug-likeness (QED) is 0.912. The highest BCUT2D eigenvalue weighted by atomic mass is 35.5. The molecule has 102 valence electrons. The predicted molar refractivity (Wildman–Crippen MR) is 78.7 cm³/mol. The number of carbonyl (C=O) groups is 1. The van der Waals surface area contributed by atoms with Crippen LogP contribution in [0.4, 0.5) is 5.82 Å². The average Bonchev–Trinajstić information content (AvgIpc) is 3.21. The molecule has 1 saturated carbocycles. The first-order valence-corrected chi connectivity index (χ1v) is 6.80. The van der Waals surface area contributed by atoms with Crippen molar-refractivity contribution in [3.05, 3.63) is 58.7 Å². The van der Waals surface area contributed by atoms with Crippen LogP contribution in [0.1, 0.15) is 28.3 Å². The lowest BCUT2D eigenvalue weighted by Crippen LogP contribution is -2.27. The van der Waals surface area contributed by atoms with Crippen molar-refractivity contribution in [2.45, 2.75) is 18.4 Å². The average molecular weight is 288 g/mol. The van der Waals surface area contributed by atoms with Crippen molar-refractivity contribution in [1.29, 1.82) is 0 Å². The zero-order valence-electron chi connectivity index (χ0n) is 10.7. The third-order valence-corrected chi connectivity index (χ3v) is 3.76. The summed E-state index contributed by atoms with van der Waals surface area (Å²) in [6.07, 6.45) is 2.35. The molecule has 20 heavy (non-hydrogen) atoms. The van der Waals surface area contributed by atoms with Gasteiger partial charge in [-0.15, -0.1) is 0 Å². The Morgan fingerprint density at radius 3 is 2.85 bits per heavy atom. The Kier molecular flexibility index (Phi) is 3.32. The minimum Gasteiger partial charge on any atom is -0.384 e. The van der Waals surface area contributed by atoms with E-state index in [0.717, 1.165) is 6.42 Å². The number of nitrogens with two attached hydrogens (primary N) is 1. The number of nitrogen functional groups attached to an aromatic ring is 1. The minimum atomic E-state index is -0.201. The lowest BCUT2D eigenvalue weighted by molar-refractivity contribution is 0.0950. The zero-order valence-corrected chi connectivity index (χ0v) is 11.5. The van der Waals surface area contributed by atoms with Crippen molar-refractivity contribution < 1.29 is 4.79 Å². The second kappa shape index (κ2) is 5.13. The highest BCUT2D eigenvalue weighted by Crippen LogP contribution is 2.40. The number of amides is 1. The third-order valence-electron chi connectivity index (χ3n) is 3.46. The normalized spacial score (nSPS) is 20.4. The number of benzene rings is 1. The van der Waals surface area contributed by atoms with Gasteiger partial charge in [0.25, 0.3) is 5.91 Å². The topological polar surface area (TPSA) is 68.0 Å². The zero-order chi connectivity index (χ0) is 14.1. The first-order chi connectivity index (χ1) is 9.65. The van der Waals surface area contributed by atoms with Gasteiger partial charge in [-0.05, 0) is 18.1 Å². The molecule has 0 aliphatic heterocycles. The van der Waals surface area contributed by atoms with Crippen LogP contribution in [0.25, 0.3) is 0 Å². The Morgan fingerprint density at radius 2 is 2.10 bits per heavy atom. The van der Waals surface area contributed by atoms with Gasteiger partial charge in [-0.1, -0.05) is 41.9 Å². The van der Waals surface area contributed by atoms with Crippen LogP contribution in [0, 0.1) is 0 Å². The van der Waals surface area contributed by atoms with Crippen molar-refractivity contribution in [2.75, 3.05) is 5.73 Å². The molecular weight excluding hydrogens is 274 g/mol. The smallest absolute Gasteiger partial charge is 0.253 e. The summed E-state index contributed by atoms with van der Waals surface area (Å²) in [6.45, 7) is 0. The fourth-order valence-corrected chi connectivity index (χ4v) is 2.49. The van der Waals surface area contributed by atoms with E-state index >= 15 is 0 Å². The Hall–Kier alpha value is -2.07. The predicted octanol–water partition coefficient (Wildman–Crippen LogP) is 2.60. The molecule has 3 N–H and O–H groups in total. The number of hydrogen-bond donors (Lipinski definition) is 2. The second-order valence-corrected chi connectivity index (χ2v) is 5.33. The van der Waals surface area contributed by atoms with E-state index in [-0.39, 0.29) is 17.8 Å². The molecule has 2 unspecified atom stereocenters. The molecule has 3 rings (SSSR count). The number of rotatable bonds is 3. The Morgan fingerprint density at radius 1 is 1.35 bits per heavy atom. The standard InChI is InChI=1S/C15H14ClN3O/c16-12-8-18-14(17)7-11(12)15(20)19-13-6-10(13)9-4-2-1-3-5-9/h1-5,7-8,10,13H,6H2,(H2,17,18)(H,19,20). The van der Waals surface area contributed by atoms with E-state index in [0.29, 0.717) is 16.5 Å². The molecule has 1 fully saturated rings. The van der Waals surface area contributed by atoms with E-state index in [4.69, 9.17) is 17.3 Å². The van der Waals surface area contributed by atoms with Crippen LogP contribution in [-0.4, -0.2) is 16.9 Å². The van der Waals surface area contributed by atoms with Crippen molar-refractivity contribution in [3.8, 4) is 0 Å². The van der Waals surface area contributed by atoms with Gasteiger partial charge in [-0.25, -0.2) is 4.98 Å². The first-order valence-electron chi connectivity index (χ1n) is 6.42. The summed E-state index contributed by atoms with van der Waals surface area (Å²) < 4.78 is 0. The van der Waals surface area contributed by atoms with E-state index in [1.807, 2.05) is 18.2 Å². The van der Waals surface area contributed by atoms with E-state index in [2.05, 4.69) is 22.4 Å². The van der Waals surface area contributed by atoms with Gasteiger partial charge >= 0.3 is 0 Å². The molecule has 2 aromatic rings. The summed E-state index contributed by atoms with van der Waals surface area (Å²) in [5.41, 5.74) is 7.20. The number of nitrogens with zero attached hydrogens (tertiary/aromatic N) is 1. The van der Waals surface area contributed by atoms with Gasteiger partial charge in [-0.3, -0.25) is 4.79 Å². The SMILES string of the molecule is Nc1cc(C(=O)NC2CC2c2ccccc2)c(Cl)cn1. The lowest BCUT2D eigenvalue weighted by Gasteiger charge is -2.07. The highest BCUT2D eigenvalue weighted by molar-refractivity contribution is 6.33. The number of pyridine rings is 1. The molecule has 0 saturated heterocycles. The summed E-state index contributed by atoms with van der Waals surface area (Å²) in [7, 11) is 0. The Balaban J connectivity index is 1.68. The van der Waals surface area contributed by atoms with Gasteiger partial charge in [0.15, 0.2) is 0 Å². The van der Waals surface area contributed by atoms with Crippen molar-refractivity contribution in [2.24, 2.45) is 0 Å². The van der Waals surface area contributed by atoms with Crippen molar-refractivity contribution in [1.82, 2.24) is 10.3 Å². The van der Waals surface area contributed by atoms with Crippen LogP contribution in [-0.2, 0) is 0 Å². The molecule has 1 aromatic heterocycles. The molecule has 1 aromatic carbocycles. The van der Waals surface area contributed by atoms with E-state index in [9.17, 15) is 4.79 Å². The van der Waals surface area contributed by atoms with Crippen LogP contribution in [0.3, 0.4) is 0 Å². The van der Waals surface area contributed by atoms with Crippen LogP contribution in [0.5, 0.6) is 0 Å². The summed E-state index contributed by atoms with van der Waals surface area (Å²) in [5, 5.41) is 3.29. The van der Waals surface area contributed by atoms with Gasteiger partial charge in [0.1, 0.15) is 5.82 Å². The monoisotopic (exact) mass is 287 g/mol. The summed E-state index contributed by atoms with van der Waals surface area (Å²) in [4.78, 5) is 16.0. The third kappa shape index (κ3) is 2.60. The molecule has 1 aliphatic rings. The summed E-state index contributed by atoms with van der Waals surface area (Å²) >= 11 is 5.97. The van der Waals surface area contributed by atoms with E-state index in [1.54, 1.807) is 0 Å². The molecular formula is C15H14ClN3O. The molecule has 1 aliphatic carbocycles. The molecule has 2 atom stereocenters. The van der Waals surface area contributed by atoms with E-state index in [1.165, 1.54) is 17.8 Å². The maximum absolute atomic E-state index is 12.2. The van der Waals surface area contributed by atoms with Crippen molar-refractivity contribution >= 4 is 23.3 Å². The Bertz CT molecular complexity index is 645. The largest absolute Gasteiger partial charge is 0.384 e. The van der Waals surface area contributed by atoms with Crippen LogP contribution in [0.2, 0.25) is 5.02 Å². The number of nitrogens with one attached hydrogen (secondary N) is 1. The van der Waals surface area contributed by atoms with Gasteiger partial charge in [0.2, 0.25) is 0 Å². The maximum Gasteiger partial charge on any atom is 0.253 e. The highest BCUT2D eigenvalue weighted by Gasteiger charge is 2.39. The number of anilines is 1. The maximum atomic E-state index is 12.2. The molecule has 0 radical (unpaired) electrons. The number of halogens is 1. The summed E-state index contributed by atoms with van der Waals surface area (Å²) in [6, 6.07) is 11.8. The van der Waals surface area contributed by atoms with Crippen LogP contribution < -0.4 is 11.1 Å². The van der Waals surface area contributed by atoms with Gasteiger partial charge in [0, 0.05) is 18.2 Å². The van der Waals surface area contributed by atoms with Crippen LogP contribution in [0.15, 0.2) is 42.6 Å². The molecule has 0 spiro atoms. The summed E-state index contributed by atoms with van der Waals surface area (Å²) in [5.74, 6) is 0.473. The van der Waals surface area contributed by atoms with Crippen molar-refractivity contribution in [3.63, 3.8) is 0 Å².